The summed E-state index contributed by atoms with van der Waals surface area (Å²) in [5.41, 5.74) is 3.38. The summed E-state index contributed by atoms with van der Waals surface area (Å²) in [6.07, 6.45) is 1.38. The standard InChI is InChI=1S/C22H28N2O3S/c1-15(2)19-7-5-8-20(16(3)4)22(19)23-28(26,27)18-12-10-17(11-13-18)24-14-6-9-21(24)25/h5,7-8,10-13,15-16,23H,6,9,14H2,1-4H3. The number of hydrogen-bond acceptors (Lipinski definition) is 3. The van der Waals surface area contributed by atoms with Gasteiger partial charge in [-0.1, -0.05) is 45.9 Å². The molecule has 0 aromatic heterocycles. The maximum Gasteiger partial charge on any atom is 0.261 e. The third-order valence-electron chi connectivity index (χ3n) is 5.14. The van der Waals surface area contributed by atoms with Gasteiger partial charge < -0.3 is 4.90 Å². The molecule has 0 aliphatic carbocycles. The highest BCUT2D eigenvalue weighted by Gasteiger charge is 2.24. The number of rotatable bonds is 6. The minimum absolute atomic E-state index is 0.0844. The Kier molecular flexibility index (Phi) is 5.79. The second-order valence-corrected chi connectivity index (χ2v) is 9.55. The highest BCUT2D eigenvalue weighted by molar-refractivity contribution is 7.92. The zero-order valence-electron chi connectivity index (χ0n) is 16.9. The molecule has 0 unspecified atom stereocenters. The van der Waals surface area contributed by atoms with Gasteiger partial charge in [-0.25, -0.2) is 8.42 Å². The molecular formula is C22H28N2O3S. The second kappa shape index (κ2) is 7.95. The Morgan fingerprint density at radius 3 is 1.96 bits per heavy atom. The molecule has 0 spiro atoms. The number of para-hydroxylation sites is 1. The molecule has 1 saturated heterocycles. The summed E-state index contributed by atoms with van der Waals surface area (Å²) >= 11 is 0. The van der Waals surface area contributed by atoms with Gasteiger partial charge >= 0.3 is 0 Å². The average molecular weight is 401 g/mol. The van der Waals surface area contributed by atoms with Crippen LogP contribution in [0.4, 0.5) is 11.4 Å². The Morgan fingerprint density at radius 1 is 0.929 bits per heavy atom. The third-order valence-corrected chi connectivity index (χ3v) is 6.51. The molecule has 0 bridgehead atoms. The minimum Gasteiger partial charge on any atom is -0.312 e. The summed E-state index contributed by atoms with van der Waals surface area (Å²) in [7, 11) is -3.73. The van der Waals surface area contributed by atoms with Crippen molar-refractivity contribution in [1.82, 2.24) is 0 Å². The van der Waals surface area contributed by atoms with Crippen molar-refractivity contribution >= 4 is 27.3 Å². The van der Waals surface area contributed by atoms with Crippen molar-refractivity contribution in [3.8, 4) is 0 Å². The first-order valence-electron chi connectivity index (χ1n) is 9.76. The summed E-state index contributed by atoms with van der Waals surface area (Å²) in [5.74, 6) is 0.473. The SMILES string of the molecule is CC(C)c1cccc(C(C)C)c1NS(=O)(=O)c1ccc(N2CCCC2=O)cc1. The third kappa shape index (κ3) is 4.07. The Balaban J connectivity index is 1.93. The number of benzene rings is 2. The van der Waals surface area contributed by atoms with Crippen LogP contribution < -0.4 is 9.62 Å². The van der Waals surface area contributed by atoms with Crippen LogP contribution in [0.5, 0.6) is 0 Å². The lowest BCUT2D eigenvalue weighted by Gasteiger charge is -2.21. The molecule has 1 N–H and O–H groups in total. The van der Waals surface area contributed by atoms with E-state index in [1.807, 2.05) is 18.2 Å². The lowest BCUT2D eigenvalue weighted by Crippen LogP contribution is -2.23. The van der Waals surface area contributed by atoms with Crippen molar-refractivity contribution in [3.63, 3.8) is 0 Å². The molecule has 0 atom stereocenters. The van der Waals surface area contributed by atoms with Crippen LogP contribution in [0.2, 0.25) is 0 Å². The van der Waals surface area contributed by atoms with E-state index in [1.54, 1.807) is 29.2 Å². The highest BCUT2D eigenvalue weighted by atomic mass is 32.2. The van der Waals surface area contributed by atoms with Gasteiger partial charge in [0.15, 0.2) is 0 Å². The zero-order chi connectivity index (χ0) is 20.5. The van der Waals surface area contributed by atoms with Gasteiger partial charge in [-0.2, -0.15) is 0 Å². The van der Waals surface area contributed by atoms with E-state index in [9.17, 15) is 13.2 Å². The molecule has 1 aliphatic heterocycles. The first-order chi connectivity index (χ1) is 13.2. The van der Waals surface area contributed by atoms with Crippen molar-refractivity contribution in [2.75, 3.05) is 16.2 Å². The molecule has 150 valence electrons. The summed E-state index contributed by atoms with van der Waals surface area (Å²) in [6, 6.07) is 12.5. The van der Waals surface area contributed by atoms with Gasteiger partial charge in [0.2, 0.25) is 5.91 Å². The maximum atomic E-state index is 13.1. The molecule has 2 aromatic rings. The van der Waals surface area contributed by atoms with Gasteiger partial charge in [-0.3, -0.25) is 9.52 Å². The number of carbonyl (C=O) groups is 1. The molecule has 2 aromatic carbocycles. The minimum atomic E-state index is -3.73. The van der Waals surface area contributed by atoms with Crippen molar-refractivity contribution in [2.45, 2.75) is 57.3 Å². The summed E-state index contributed by atoms with van der Waals surface area (Å²) in [4.78, 5) is 13.8. The first-order valence-corrected chi connectivity index (χ1v) is 11.2. The van der Waals surface area contributed by atoms with Crippen molar-refractivity contribution in [2.24, 2.45) is 0 Å². The number of hydrogen-bond donors (Lipinski definition) is 1. The number of sulfonamides is 1. The van der Waals surface area contributed by atoms with Crippen LogP contribution in [0.25, 0.3) is 0 Å². The van der Waals surface area contributed by atoms with E-state index < -0.39 is 10.0 Å². The molecule has 5 nitrogen and oxygen atoms in total. The fourth-order valence-corrected chi connectivity index (χ4v) is 4.71. The molecule has 3 rings (SSSR count). The van der Waals surface area contributed by atoms with E-state index in [0.717, 1.165) is 23.2 Å². The Hall–Kier alpha value is -2.34. The first kappa shape index (κ1) is 20.4. The predicted octanol–water partition coefficient (Wildman–Crippen LogP) is 4.86. The second-order valence-electron chi connectivity index (χ2n) is 7.87. The largest absolute Gasteiger partial charge is 0.312 e. The molecule has 1 aliphatic rings. The topological polar surface area (TPSA) is 66.5 Å². The molecule has 0 radical (unpaired) electrons. The normalized spacial score (nSPS) is 14.9. The number of amides is 1. The molecule has 1 heterocycles. The Labute approximate surface area is 167 Å². The number of anilines is 2. The molecular weight excluding hydrogens is 372 g/mol. The van der Waals surface area contributed by atoms with Crippen molar-refractivity contribution < 1.29 is 13.2 Å². The molecule has 28 heavy (non-hydrogen) atoms. The van der Waals surface area contributed by atoms with Crippen molar-refractivity contribution in [1.29, 1.82) is 0 Å². The molecule has 1 fully saturated rings. The van der Waals surface area contributed by atoms with E-state index in [4.69, 9.17) is 0 Å². The van der Waals surface area contributed by atoms with Crippen LogP contribution in [0.3, 0.4) is 0 Å². The Bertz CT molecular complexity index is 938. The summed E-state index contributed by atoms with van der Waals surface area (Å²) < 4.78 is 28.9. The van der Waals surface area contributed by atoms with Crippen molar-refractivity contribution in [3.05, 3.63) is 53.6 Å². The van der Waals surface area contributed by atoms with E-state index in [0.29, 0.717) is 18.7 Å². The monoisotopic (exact) mass is 400 g/mol. The maximum absolute atomic E-state index is 13.1. The van der Waals surface area contributed by atoms with Crippen LogP contribution in [0.1, 0.15) is 63.5 Å². The highest BCUT2D eigenvalue weighted by Crippen LogP contribution is 2.34. The van der Waals surface area contributed by atoms with E-state index in [1.165, 1.54) is 0 Å². The van der Waals surface area contributed by atoms with Crippen LogP contribution in [0, 0.1) is 0 Å². The van der Waals surface area contributed by atoms with Gasteiger partial charge in [-0.05, 0) is 53.6 Å². The Morgan fingerprint density at radius 2 is 1.50 bits per heavy atom. The lowest BCUT2D eigenvalue weighted by molar-refractivity contribution is -0.117. The van der Waals surface area contributed by atoms with Gasteiger partial charge in [0.1, 0.15) is 0 Å². The van der Waals surface area contributed by atoms with Gasteiger partial charge in [-0.15, -0.1) is 0 Å². The summed E-state index contributed by atoms with van der Waals surface area (Å²) in [5, 5.41) is 0. The van der Waals surface area contributed by atoms with Crippen LogP contribution >= 0.6 is 0 Å². The fraction of sp³-hybridized carbons (Fsp3) is 0.409. The van der Waals surface area contributed by atoms with Crippen LogP contribution in [-0.4, -0.2) is 20.9 Å². The average Bonchev–Trinajstić information content (AvgIpc) is 3.07. The smallest absolute Gasteiger partial charge is 0.261 e. The van der Waals surface area contributed by atoms with E-state index >= 15 is 0 Å². The summed E-state index contributed by atoms with van der Waals surface area (Å²) in [6.45, 7) is 8.90. The number of carbonyl (C=O) groups excluding carboxylic acids is 1. The van der Waals surface area contributed by atoms with E-state index in [2.05, 4.69) is 32.4 Å². The van der Waals surface area contributed by atoms with Gasteiger partial charge in [0.25, 0.3) is 10.0 Å². The lowest BCUT2D eigenvalue weighted by atomic mass is 9.93. The van der Waals surface area contributed by atoms with Gasteiger partial charge in [0, 0.05) is 18.7 Å². The number of nitrogens with one attached hydrogen (secondary N) is 1. The molecule has 6 heteroatoms. The zero-order valence-corrected chi connectivity index (χ0v) is 17.7. The quantitative estimate of drug-likeness (QED) is 0.753. The predicted molar refractivity (Wildman–Crippen MR) is 113 cm³/mol. The van der Waals surface area contributed by atoms with Crippen LogP contribution in [-0.2, 0) is 14.8 Å². The van der Waals surface area contributed by atoms with Crippen LogP contribution in [0.15, 0.2) is 47.4 Å². The number of nitrogens with zero attached hydrogens (tertiary/aromatic N) is 1. The van der Waals surface area contributed by atoms with E-state index in [-0.39, 0.29) is 22.6 Å². The fourth-order valence-electron chi connectivity index (χ4n) is 3.59. The van der Waals surface area contributed by atoms with Gasteiger partial charge in [0.05, 0.1) is 10.6 Å². The molecule has 0 saturated carbocycles. The molecule has 1 amide bonds.